The van der Waals surface area contributed by atoms with Crippen molar-refractivity contribution in [2.45, 2.75) is 12.8 Å². The number of hydrogen-bond acceptors (Lipinski definition) is 5. The molecule has 1 amide bonds. The molecular weight excluding hydrogens is 328 g/mol. The van der Waals surface area contributed by atoms with Crippen LogP contribution in [0.25, 0.3) is 0 Å². The van der Waals surface area contributed by atoms with Gasteiger partial charge in [-0.3, -0.25) is 19.8 Å². The van der Waals surface area contributed by atoms with E-state index in [1.807, 2.05) is 0 Å². The molecule has 0 aliphatic heterocycles. The molecular formula is C17H16N2O6. The van der Waals surface area contributed by atoms with Gasteiger partial charge in [0.2, 0.25) is 0 Å². The Hall–Kier alpha value is -3.42. The first-order chi connectivity index (χ1) is 11.9. The van der Waals surface area contributed by atoms with Gasteiger partial charge in [0.25, 0.3) is 5.69 Å². The Bertz CT molecular complexity index is 771. The summed E-state index contributed by atoms with van der Waals surface area (Å²) in [7, 11) is 1.53. The van der Waals surface area contributed by atoms with Crippen molar-refractivity contribution in [3.8, 4) is 5.75 Å². The molecule has 0 heterocycles. The van der Waals surface area contributed by atoms with Crippen LogP contribution in [0.3, 0.4) is 0 Å². The van der Waals surface area contributed by atoms with Crippen molar-refractivity contribution >= 4 is 23.4 Å². The Balaban J connectivity index is 1.99. The van der Waals surface area contributed by atoms with Crippen LogP contribution >= 0.6 is 0 Å². The number of carbonyl (C=O) groups excluding carboxylic acids is 1. The highest BCUT2D eigenvalue weighted by molar-refractivity contribution is 5.88. The molecule has 0 saturated heterocycles. The monoisotopic (exact) mass is 344 g/mol. The van der Waals surface area contributed by atoms with E-state index >= 15 is 0 Å². The molecule has 2 aromatic carbocycles. The van der Waals surface area contributed by atoms with Gasteiger partial charge in [0.05, 0.1) is 4.92 Å². The van der Waals surface area contributed by atoms with Crippen LogP contribution in [0.15, 0.2) is 48.5 Å². The smallest absolute Gasteiger partial charge is 0.419 e. The number of carboxylic acids is 1. The van der Waals surface area contributed by atoms with E-state index in [9.17, 15) is 19.7 Å². The number of nitro benzene ring substituents is 1. The largest absolute Gasteiger partial charge is 0.481 e. The SMILES string of the molecule is CN(C(=O)Oc1ccc([N+](=O)[O-])cc1)c1ccc(CCC(=O)O)cc1. The van der Waals surface area contributed by atoms with Gasteiger partial charge in [0.15, 0.2) is 0 Å². The Morgan fingerprint density at radius 3 is 2.24 bits per heavy atom. The average Bonchev–Trinajstić information content (AvgIpc) is 2.60. The molecule has 8 nitrogen and oxygen atoms in total. The van der Waals surface area contributed by atoms with Gasteiger partial charge in [-0.25, -0.2) is 4.79 Å². The van der Waals surface area contributed by atoms with Crippen molar-refractivity contribution in [3.63, 3.8) is 0 Å². The molecule has 0 aromatic heterocycles. The highest BCUT2D eigenvalue weighted by Gasteiger charge is 2.14. The number of hydrogen-bond donors (Lipinski definition) is 1. The number of carboxylic acid groups (broad SMARTS) is 1. The van der Waals surface area contributed by atoms with Crippen LogP contribution < -0.4 is 9.64 Å². The zero-order valence-electron chi connectivity index (χ0n) is 13.4. The predicted molar refractivity (Wildman–Crippen MR) is 89.9 cm³/mol. The summed E-state index contributed by atoms with van der Waals surface area (Å²) in [6.07, 6.45) is -0.198. The topological polar surface area (TPSA) is 110 Å². The zero-order chi connectivity index (χ0) is 18.4. The minimum atomic E-state index is -0.868. The van der Waals surface area contributed by atoms with Gasteiger partial charge in [-0.05, 0) is 36.2 Å². The van der Waals surface area contributed by atoms with Gasteiger partial charge in [-0.15, -0.1) is 0 Å². The van der Waals surface area contributed by atoms with E-state index in [4.69, 9.17) is 9.84 Å². The molecule has 25 heavy (non-hydrogen) atoms. The lowest BCUT2D eigenvalue weighted by Crippen LogP contribution is -2.29. The van der Waals surface area contributed by atoms with Gasteiger partial charge in [-0.2, -0.15) is 0 Å². The molecule has 0 unspecified atom stereocenters. The maximum Gasteiger partial charge on any atom is 0.419 e. The molecule has 130 valence electrons. The first-order valence-corrected chi connectivity index (χ1v) is 7.37. The number of rotatable bonds is 6. The number of aryl methyl sites for hydroxylation is 1. The molecule has 0 radical (unpaired) electrons. The van der Waals surface area contributed by atoms with Crippen LogP contribution in [-0.4, -0.2) is 29.1 Å². The Morgan fingerprint density at radius 2 is 1.72 bits per heavy atom. The quantitative estimate of drug-likeness (QED) is 0.636. The van der Waals surface area contributed by atoms with Crippen molar-refractivity contribution in [2.24, 2.45) is 0 Å². The Morgan fingerprint density at radius 1 is 1.12 bits per heavy atom. The summed E-state index contributed by atoms with van der Waals surface area (Å²) in [6, 6.07) is 12.1. The summed E-state index contributed by atoms with van der Waals surface area (Å²) >= 11 is 0. The van der Waals surface area contributed by atoms with E-state index in [0.29, 0.717) is 12.1 Å². The van der Waals surface area contributed by atoms with E-state index in [2.05, 4.69) is 0 Å². The average molecular weight is 344 g/mol. The van der Waals surface area contributed by atoms with Crippen LogP contribution in [0.2, 0.25) is 0 Å². The fourth-order valence-electron chi connectivity index (χ4n) is 2.05. The molecule has 0 spiro atoms. The van der Waals surface area contributed by atoms with Gasteiger partial charge in [-0.1, -0.05) is 12.1 Å². The van der Waals surface area contributed by atoms with Crippen molar-refractivity contribution in [1.29, 1.82) is 0 Å². The van der Waals surface area contributed by atoms with E-state index < -0.39 is 17.0 Å². The number of nitro groups is 1. The minimum Gasteiger partial charge on any atom is -0.481 e. The number of ether oxygens (including phenoxy) is 1. The fourth-order valence-corrected chi connectivity index (χ4v) is 2.05. The summed E-state index contributed by atoms with van der Waals surface area (Å²) in [4.78, 5) is 34.0. The molecule has 0 fully saturated rings. The second-order valence-corrected chi connectivity index (χ2v) is 5.24. The number of nitrogens with zero attached hydrogens (tertiary/aromatic N) is 2. The number of non-ortho nitro benzene ring substituents is 1. The molecule has 0 bridgehead atoms. The molecule has 0 aliphatic rings. The molecule has 0 atom stereocenters. The Labute approximate surface area is 143 Å². The van der Waals surface area contributed by atoms with Gasteiger partial charge in [0, 0.05) is 31.3 Å². The van der Waals surface area contributed by atoms with Crippen molar-refractivity contribution in [1.82, 2.24) is 0 Å². The van der Waals surface area contributed by atoms with E-state index in [0.717, 1.165) is 5.56 Å². The van der Waals surface area contributed by atoms with Gasteiger partial charge in [0.1, 0.15) is 5.75 Å². The maximum absolute atomic E-state index is 12.1. The lowest BCUT2D eigenvalue weighted by Gasteiger charge is -2.17. The summed E-state index contributed by atoms with van der Waals surface area (Å²) in [5, 5.41) is 19.3. The summed E-state index contributed by atoms with van der Waals surface area (Å²) in [5.74, 6) is -0.673. The Kier molecular flexibility index (Phi) is 5.67. The first-order valence-electron chi connectivity index (χ1n) is 7.37. The molecule has 0 aliphatic carbocycles. The third kappa shape index (κ3) is 5.03. The second-order valence-electron chi connectivity index (χ2n) is 5.24. The molecule has 8 heteroatoms. The van der Waals surface area contributed by atoms with Crippen LogP contribution in [0.5, 0.6) is 5.75 Å². The highest BCUT2D eigenvalue weighted by Crippen LogP contribution is 2.20. The molecule has 1 N–H and O–H groups in total. The van der Waals surface area contributed by atoms with Crippen molar-refractivity contribution in [3.05, 3.63) is 64.2 Å². The standard InChI is InChI=1S/C17H16N2O6/c1-18(13-5-2-12(3-6-13)4-11-16(20)21)17(22)25-15-9-7-14(8-10-15)19(23)24/h2-3,5-10H,4,11H2,1H3,(H,20,21). The molecule has 2 aromatic rings. The lowest BCUT2D eigenvalue weighted by atomic mass is 10.1. The third-order valence-electron chi connectivity index (χ3n) is 3.48. The van der Waals surface area contributed by atoms with Crippen LogP contribution in [0.1, 0.15) is 12.0 Å². The predicted octanol–water partition coefficient (Wildman–Crippen LogP) is 3.25. The van der Waals surface area contributed by atoms with Crippen molar-refractivity contribution < 1.29 is 24.4 Å². The first kappa shape index (κ1) is 17.9. The van der Waals surface area contributed by atoms with Crippen LogP contribution in [0.4, 0.5) is 16.2 Å². The number of amides is 1. The second kappa shape index (κ2) is 7.91. The highest BCUT2D eigenvalue weighted by atomic mass is 16.6. The number of benzene rings is 2. The van der Waals surface area contributed by atoms with Crippen molar-refractivity contribution in [2.75, 3.05) is 11.9 Å². The zero-order valence-corrected chi connectivity index (χ0v) is 13.4. The number of anilines is 1. The minimum absolute atomic E-state index is 0.0391. The number of aliphatic carboxylic acids is 1. The molecule has 2 rings (SSSR count). The number of carbonyl (C=O) groups is 2. The third-order valence-corrected chi connectivity index (χ3v) is 3.48. The van der Waals surface area contributed by atoms with E-state index in [1.165, 1.54) is 36.2 Å². The summed E-state index contributed by atoms with van der Waals surface area (Å²) < 4.78 is 5.16. The van der Waals surface area contributed by atoms with Gasteiger partial charge >= 0.3 is 12.1 Å². The molecule has 0 saturated carbocycles. The van der Waals surface area contributed by atoms with E-state index in [1.54, 1.807) is 24.3 Å². The van der Waals surface area contributed by atoms with Gasteiger partial charge < -0.3 is 9.84 Å². The maximum atomic E-state index is 12.1. The summed E-state index contributed by atoms with van der Waals surface area (Å²) in [6.45, 7) is 0. The van der Waals surface area contributed by atoms with Crippen LogP contribution in [0, 0.1) is 10.1 Å². The lowest BCUT2D eigenvalue weighted by molar-refractivity contribution is -0.384. The normalized spacial score (nSPS) is 10.1. The summed E-state index contributed by atoms with van der Waals surface area (Å²) in [5.41, 5.74) is 1.33. The van der Waals surface area contributed by atoms with E-state index in [-0.39, 0.29) is 17.9 Å². The van der Waals surface area contributed by atoms with Crippen LogP contribution in [-0.2, 0) is 11.2 Å². The fraction of sp³-hybridized carbons (Fsp3) is 0.176.